The number of benzene rings is 2. The molecule has 1 amide bonds. The van der Waals surface area contributed by atoms with E-state index in [1.165, 1.54) is 5.56 Å². The van der Waals surface area contributed by atoms with E-state index < -0.39 is 0 Å². The van der Waals surface area contributed by atoms with Gasteiger partial charge in [0.25, 0.3) is 0 Å². The zero-order valence-corrected chi connectivity index (χ0v) is 16.1. The van der Waals surface area contributed by atoms with Crippen molar-refractivity contribution in [1.29, 1.82) is 0 Å². The number of carbonyl (C=O) groups is 1. The lowest BCUT2D eigenvalue weighted by atomic mass is 9.97. The van der Waals surface area contributed by atoms with Gasteiger partial charge in [-0.3, -0.25) is 4.79 Å². The summed E-state index contributed by atoms with van der Waals surface area (Å²) in [6, 6.07) is 16.1. The Bertz CT molecular complexity index is 687. The minimum absolute atomic E-state index is 0.0367. The van der Waals surface area contributed by atoms with E-state index in [0.29, 0.717) is 18.3 Å². The highest BCUT2D eigenvalue weighted by Gasteiger charge is 2.11. The molecule has 25 heavy (non-hydrogen) atoms. The van der Waals surface area contributed by atoms with Crippen LogP contribution in [0.3, 0.4) is 0 Å². The van der Waals surface area contributed by atoms with Gasteiger partial charge in [0.15, 0.2) is 0 Å². The van der Waals surface area contributed by atoms with Crippen LogP contribution in [0.5, 0.6) is 5.75 Å². The highest BCUT2D eigenvalue weighted by molar-refractivity contribution is 7.99. The SMILES string of the molecule is CCOc1ccccc1CSCC(=O)Nc1ccccc1[C@H](C)CC. The van der Waals surface area contributed by atoms with Gasteiger partial charge in [0.1, 0.15) is 5.75 Å². The van der Waals surface area contributed by atoms with Crippen molar-refractivity contribution in [3.05, 3.63) is 59.7 Å². The maximum Gasteiger partial charge on any atom is 0.234 e. The average molecular weight is 358 g/mol. The molecule has 4 heteroatoms. The second kappa shape index (κ2) is 10.1. The van der Waals surface area contributed by atoms with Crippen molar-refractivity contribution in [2.75, 3.05) is 17.7 Å². The van der Waals surface area contributed by atoms with Crippen molar-refractivity contribution in [2.45, 2.75) is 38.9 Å². The Morgan fingerprint density at radius 1 is 1.12 bits per heavy atom. The number of thioether (sulfide) groups is 1. The van der Waals surface area contributed by atoms with Crippen LogP contribution in [-0.2, 0) is 10.5 Å². The molecule has 0 saturated heterocycles. The first-order valence-corrected chi connectivity index (χ1v) is 9.98. The van der Waals surface area contributed by atoms with E-state index in [-0.39, 0.29) is 5.91 Å². The number of hydrogen-bond acceptors (Lipinski definition) is 3. The van der Waals surface area contributed by atoms with Crippen LogP contribution in [0.2, 0.25) is 0 Å². The normalized spacial score (nSPS) is 11.8. The summed E-state index contributed by atoms with van der Waals surface area (Å²) in [5.74, 6) is 2.56. The molecular formula is C21H27NO2S. The molecule has 134 valence electrons. The van der Waals surface area contributed by atoms with Gasteiger partial charge in [-0.1, -0.05) is 50.2 Å². The molecule has 0 aromatic heterocycles. The van der Waals surface area contributed by atoms with E-state index in [2.05, 4.69) is 25.2 Å². The van der Waals surface area contributed by atoms with Crippen LogP contribution in [0, 0.1) is 0 Å². The van der Waals surface area contributed by atoms with Crippen molar-refractivity contribution in [3.8, 4) is 5.75 Å². The first-order chi connectivity index (χ1) is 12.2. The Labute approximate surface area is 155 Å². The largest absolute Gasteiger partial charge is 0.494 e. The zero-order chi connectivity index (χ0) is 18.1. The predicted octanol–water partition coefficient (Wildman–Crippen LogP) is 5.47. The summed E-state index contributed by atoms with van der Waals surface area (Å²) in [7, 11) is 0. The highest BCUT2D eigenvalue weighted by Crippen LogP contribution is 2.27. The molecule has 0 heterocycles. The third kappa shape index (κ3) is 5.82. The summed E-state index contributed by atoms with van der Waals surface area (Å²) in [4.78, 5) is 12.3. The fourth-order valence-corrected chi connectivity index (χ4v) is 3.44. The molecule has 2 aromatic carbocycles. The van der Waals surface area contributed by atoms with Crippen LogP contribution in [0.1, 0.15) is 44.2 Å². The summed E-state index contributed by atoms with van der Waals surface area (Å²) in [5, 5.41) is 3.06. The minimum atomic E-state index is 0.0367. The van der Waals surface area contributed by atoms with Gasteiger partial charge >= 0.3 is 0 Å². The van der Waals surface area contributed by atoms with Crippen molar-refractivity contribution < 1.29 is 9.53 Å². The van der Waals surface area contributed by atoms with Gasteiger partial charge in [-0.2, -0.15) is 0 Å². The first-order valence-electron chi connectivity index (χ1n) is 8.82. The molecule has 0 bridgehead atoms. The predicted molar refractivity (Wildman–Crippen MR) is 108 cm³/mol. The summed E-state index contributed by atoms with van der Waals surface area (Å²) in [6.45, 7) is 6.97. The van der Waals surface area contributed by atoms with E-state index in [4.69, 9.17) is 4.74 Å². The van der Waals surface area contributed by atoms with E-state index in [0.717, 1.165) is 29.2 Å². The molecule has 0 fully saturated rings. The molecule has 0 unspecified atom stereocenters. The lowest BCUT2D eigenvalue weighted by molar-refractivity contribution is -0.113. The van der Waals surface area contributed by atoms with Crippen LogP contribution in [-0.4, -0.2) is 18.3 Å². The number of rotatable bonds is 9. The molecule has 0 aliphatic carbocycles. The molecular weight excluding hydrogens is 330 g/mol. The maximum atomic E-state index is 12.3. The summed E-state index contributed by atoms with van der Waals surface area (Å²) >= 11 is 1.60. The Morgan fingerprint density at radius 3 is 2.60 bits per heavy atom. The van der Waals surface area contributed by atoms with Gasteiger partial charge in [-0.15, -0.1) is 11.8 Å². The van der Waals surface area contributed by atoms with Crippen LogP contribution in [0.15, 0.2) is 48.5 Å². The van der Waals surface area contributed by atoms with Crippen molar-refractivity contribution in [2.24, 2.45) is 0 Å². The van der Waals surface area contributed by atoms with Gasteiger partial charge in [-0.25, -0.2) is 0 Å². The van der Waals surface area contributed by atoms with Crippen LogP contribution in [0.25, 0.3) is 0 Å². The van der Waals surface area contributed by atoms with Gasteiger partial charge in [0.2, 0.25) is 5.91 Å². The number of nitrogens with one attached hydrogen (secondary N) is 1. The third-order valence-corrected chi connectivity index (χ3v) is 5.12. The van der Waals surface area contributed by atoms with E-state index in [9.17, 15) is 4.79 Å². The van der Waals surface area contributed by atoms with Crippen LogP contribution in [0.4, 0.5) is 5.69 Å². The van der Waals surface area contributed by atoms with Gasteiger partial charge < -0.3 is 10.1 Å². The Morgan fingerprint density at radius 2 is 1.84 bits per heavy atom. The van der Waals surface area contributed by atoms with E-state index in [1.807, 2.05) is 49.4 Å². The standard InChI is InChI=1S/C21H27NO2S/c1-4-16(3)18-11-7-8-12-19(18)22-21(23)15-25-14-17-10-6-9-13-20(17)24-5-2/h6-13,16H,4-5,14-15H2,1-3H3,(H,22,23)/t16-/m1/s1. The second-order valence-corrected chi connectivity index (χ2v) is 6.96. The van der Waals surface area contributed by atoms with Crippen molar-refractivity contribution >= 4 is 23.4 Å². The average Bonchev–Trinajstić information content (AvgIpc) is 2.63. The van der Waals surface area contributed by atoms with E-state index in [1.54, 1.807) is 11.8 Å². The molecule has 1 N–H and O–H groups in total. The molecule has 0 spiro atoms. The molecule has 3 nitrogen and oxygen atoms in total. The summed E-state index contributed by atoms with van der Waals surface area (Å²) < 4.78 is 5.63. The number of carbonyl (C=O) groups excluding carboxylic acids is 1. The minimum Gasteiger partial charge on any atom is -0.494 e. The fourth-order valence-electron chi connectivity index (χ4n) is 2.62. The number of ether oxygens (including phenoxy) is 1. The van der Waals surface area contributed by atoms with Crippen LogP contribution < -0.4 is 10.1 Å². The molecule has 0 saturated carbocycles. The quantitative estimate of drug-likeness (QED) is 0.646. The maximum absolute atomic E-state index is 12.3. The zero-order valence-electron chi connectivity index (χ0n) is 15.2. The summed E-state index contributed by atoms with van der Waals surface area (Å²) in [5.41, 5.74) is 3.25. The summed E-state index contributed by atoms with van der Waals surface area (Å²) in [6.07, 6.45) is 1.05. The number of hydrogen-bond donors (Lipinski definition) is 1. The number of para-hydroxylation sites is 2. The van der Waals surface area contributed by atoms with E-state index >= 15 is 0 Å². The first kappa shape index (κ1) is 19.4. The molecule has 2 aromatic rings. The second-order valence-electron chi connectivity index (χ2n) is 5.98. The Hall–Kier alpha value is -1.94. The van der Waals surface area contributed by atoms with Crippen molar-refractivity contribution in [3.63, 3.8) is 0 Å². The topological polar surface area (TPSA) is 38.3 Å². The number of anilines is 1. The molecule has 2 rings (SSSR count). The fraction of sp³-hybridized carbons (Fsp3) is 0.381. The van der Waals surface area contributed by atoms with Crippen LogP contribution >= 0.6 is 11.8 Å². The Balaban J connectivity index is 1.90. The van der Waals surface area contributed by atoms with Gasteiger partial charge in [-0.05, 0) is 37.0 Å². The van der Waals surface area contributed by atoms with Gasteiger partial charge in [0.05, 0.1) is 12.4 Å². The lowest BCUT2D eigenvalue weighted by Crippen LogP contribution is -2.16. The van der Waals surface area contributed by atoms with Crippen molar-refractivity contribution in [1.82, 2.24) is 0 Å². The smallest absolute Gasteiger partial charge is 0.234 e. The number of amides is 1. The molecule has 0 aliphatic heterocycles. The molecule has 0 radical (unpaired) electrons. The van der Waals surface area contributed by atoms with Gasteiger partial charge in [0, 0.05) is 17.0 Å². The lowest BCUT2D eigenvalue weighted by Gasteiger charge is -2.15. The highest BCUT2D eigenvalue weighted by atomic mass is 32.2. The Kier molecular flexibility index (Phi) is 7.86. The molecule has 1 atom stereocenters. The third-order valence-electron chi connectivity index (χ3n) is 4.14. The monoisotopic (exact) mass is 357 g/mol. The molecule has 0 aliphatic rings.